The summed E-state index contributed by atoms with van der Waals surface area (Å²) in [5, 5.41) is 13.5. The highest BCUT2D eigenvalue weighted by molar-refractivity contribution is 6.08. The highest BCUT2D eigenvalue weighted by Crippen LogP contribution is 2.28. The van der Waals surface area contributed by atoms with E-state index in [4.69, 9.17) is 0 Å². The van der Waals surface area contributed by atoms with E-state index >= 15 is 0 Å². The van der Waals surface area contributed by atoms with Crippen LogP contribution in [0.2, 0.25) is 0 Å². The number of hydrogen-bond acceptors (Lipinski definition) is 3. The number of carbonyl (C=O) groups is 1. The highest BCUT2D eigenvalue weighted by Gasteiger charge is 2.19. The zero-order valence-corrected chi connectivity index (χ0v) is 15.1. The predicted molar refractivity (Wildman–Crippen MR) is 97.6 cm³/mol. The van der Waals surface area contributed by atoms with Gasteiger partial charge in [0, 0.05) is 36.4 Å². The van der Waals surface area contributed by atoms with Crippen LogP contribution in [0.25, 0.3) is 10.9 Å². The molecule has 0 fully saturated rings. The summed E-state index contributed by atoms with van der Waals surface area (Å²) < 4.78 is 4.03. The number of aryl methyl sites for hydroxylation is 1. The molecule has 0 spiro atoms. The summed E-state index contributed by atoms with van der Waals surface area (Å²) in [6, 6.07) is 5.10. The van der Waals surface area contributed by atoms with E-state index in [2.05, 4.69) is 28.7 Å². The van der Waals surface area contributed by atoms with Gasteiger partial charge in [0.05, 0.1) is 24.1 Å². The van der Waals surface area contributed by atoms with Gasteiger partial charge in [0.2, 0.25) is 0 Å². The molecule has 2 aromatic heterocycles. The first kappa shape index (κ1) is 17.1. The summed E-state index contributed by atoms with van der Waals surface area (Å²) in [5.41, 5.74) is 3.37. The minimum absolute atomic E-state index is 0.147. The molecule has 132 valence electrons. The molecule has 0 saturated heterocycles. The van der Waals surface area contributed by atoms with E-state index in [-0.39, 0.29) is 11.7 Å². The van der Waals surface area contributed by atoms with Gasteiger partial charge in [-0.15, -0.1) is 0 Å². The van der Waals surface area contributed by atoms with Crippen molar-refractivity contribution in [2.24, 2.45) is 13.0 Å². The van der Waals surface area contributed by atoms with Crippen molar-refractivity contribution >= 4 is 16.8 Å². The average molecular weight is 340 g/mol. The molecule has 3 rings (SSSR count). The van der Waals surface area contributed by atoms with Gasteiger partial charge in [-0.3, -0.25) is 4.79 Å². The van der Waals surface area contributed by atoms with Crippen molar-refractivity contribution in [1.29, 1.82) is 0 Å². The minimum atomic E-state index is -0.147. The lowest BCUT2D eigenvalue weighted by Gasteiger charge is -2.11. The summed E-state index contributed by atoms with van der Waals surface area (Å²) in [5.74, 6) is 0.514. The molecule has 0 aliphatic carbocycles. The number of fused-ring (bicyclic) bond motifs is 1. The van der Waals surface area contributed by atoms with Crippen molar-refractivity contribution < 1.29 is 9.90 Å². The Kier molecular flexibility index (Phi) is 4.53. The molecule has 0 unspecified atom stereocenters. The van der Waals surface area contributed by atoms with Crippen LogP contribution in [-0.2, 0) is 20.1 Å². The first-order chi connectivity index (χ1) is 11.9. The summed E-state index contributed by atoms with van der Waals surface area (Å²) >= 11 is 0. The Labute approximate surface area is 147 Å². The molecule has 25 heavy (non-hydrogen) atoms. The number of hydrogen-bond donors (Lipinski definition) is 2. The van der Waals surface area contributed by atoms with E-state index in [0.29, 0.717) is 18.0 Å². The monoisotopic (exact) mass is 340 g/mol. The second kappa shape index (κ2) is 6.63. The first-order valence-electron chi connectivity index (χ1n) is 8.43. The Morgan fingerprint density at radius 1 is 1.36 bits per heavy atom. The Hall–Kier alpha value is -2.76. The Morgan fingerprint density at radius 3 is 2.84 bits per heavy atom. The molecule has 1 amide bonds. The van der Waals surface area contributed by atoms with Gasteiger partial charge in [0.25, 0.3) is 5.91 Å². The van der Waals surface area contributed by atoms with Crippen molar-refractivity contribution in [2.45, 2.75) is 33.9 Å². The van der Waals surface area contributed by atoms with Gasteiger partial charge in [-0.2, -0.15) is 0 Å². The average Bonchev–Trinajstić information content (AvgIpc) is 3.08. The molecule has 0 atom stereocenters. The third-order valence-corrected chi connectivity index (χ3v) is 4.49. The fourth-order valence-corrected chi connectivity index (χ4v) is 3.16. The van der Waals surface area contributed by atoms with E-state index in [9.17, 15) is 9.90 Å². The molecule has 2 N–H and O–H groups in total. The van der Waals surface area contributed by atoms with Gasteiger partial charge in [-0.25, -0.2) is 4.98 Å². The van der Waals surface area contributed by atoms with Crippen molar-refractivity contribution in [3.63, 3.8) is 0 Å². The number of amides is 1. The fourth-order valence-electron chi connectivity index (χ4n) is 3.16. The maximum absolute atomic E-state index is 12.8. The van der Waals surface area contributed by atoms with Crippen molar-refractivity contribution in [2.75, 3.05) is 0 Å². The maximum Gasteiger partial charge on any atom is 0.254 e. The Morgan fingerprint density at radius 2 is 2.12 bits per heavy atom. The van der Waals surface area contributed by atoms with Gasteiger partial charge in [-0.05, 0) is 31.0 Å². The second-order valence-corrected chi connectivity index (χ2v) is 6.83. The van der Waals surface area contributed by atoms with E-state index < -0.39 is 0 Å². The molecule has 6 heteroatoms. The van der Waals surface area contributed by atoms with Gasteiger partial charge in [-0.1, -0.05) is 13.8 Å². The largest absolute Gasteiger partial charge is 0.508 e. The number of nitrogens with zero attached hydrogens (tertiary/aromatic N) is 3. The molecule has 0 aliphatic heterocycles. The van der Waals surface area contributed by atoms with Gasteiger partial charge < -0.3 is 19.6 Å². The van der Waals surface area contributed by atoms with Crippen LogP contribution in [0.5, 0.6) is 5.75 Å². The molecule has 1 aromatic carbocycles. The molecular formula is C19H24N4O2. The molecule has 0 radical (unpaired) electrons. The van der Waals surface area contributed by atoms with Crippen LogP contribution in [0.15, 0.2) is 30.7 Å². The van der Waals surface area contributed by atoms with E-state index in [1.165, 1.54) is 0 Å². The van der Waals surface area contributed by atoms with Gasteiger partial charge in [0.1, 0.15) is 5.75 Å². The van der Waals surface area contributed by atoms with Crippen LogP contribution in [0.4, 0.5) is 0 Å². The van der Waals surface area contributed by atoms with Gasteiger partial charge >= 0.3 is 0 Å². The van der Waals surface area contributed by atoms with E-state index in [1.807, 2.05) is 24.6 Å². The van der Waals surface area contributed by atoms with E-state index in [0.717, 1.165) is 28.8 Å². The van der Waals surface area contributed by atoms with E-state index in [1.54, 1.807) is 24.7 Å². The lowest BCUT2D eigenvalue weighted by molar-refractivity contribution is 0.0951. The van der Waals surface area contributed by atoms with Crippen LogP contribution in [0.3, 0.4) is 0 Å². The number of imidazole rings is 1. The number of nitrogens with one attached hydrogen (secondary N) is 1. The highest BCUT2D eigenvalue weighted by atomic mass is 16.3. The Balaban J connectivity index is 1.85. The first-order valence-corrected chi connectivity index (χ1v) is 8.43. The quantitative estimate of drug-likeness (QED) is 0.750. The third-order valence-electron chi connectivity index (χ3n) is 4.49. The third kappa shape index (κ3) is 3.24. The van der Waals surface area contributed by atoms with Crippen molar-refractivity contribution in [1.82, 2.24) is 19.4 Å². The van der Waals surface area contributed by atoms with Crippen LogP contribution in [-0.4, -0.2) is 25.1 Å². The molecule has 3 aromatic rings. The molecule has 0 bridgehead atoms. The number of benzene rings is 1. The second-order valence-electron chi connectivity index (χ2n) is 6.83. The lowest BCUT2D eigenvalue weighted by atomic mass is 10.1. The maximum atomic E-state index is 12.8. The van der Waals surface area contributed by atoms with Gasteiger partial charge in [0.15, 0.2) is 0 Å². The Bertz CT molecular complexity index is 921. The normalized spacial score (nSPS) is 11.4. The number of aromatic hydroxyl groups is 1. The summed E-state index contributed by atoms with van der Waals surface area (Å²) in [6.45, 7) is 7.49. The number of phenolic OH excluding ortho intramolecular Hbond substituents is 1. The van der Waals surface area contributed by atoms with Crippen LogP contribution in [0.1, 0.15) is 35.6 Å². The molecule has 0 aliphatic rings. The van der Waals surface area contributed by atoms with Crippen LogP contribution < -0.4 is 5.32 Å². The summed E-state index contributed by atoms with van der Waals surface area (Å²) in [7, 11) is 1.92. The fraction of sp³-hybridized carbons (Fsp3) is 0.368. The zero-order chi connectivity index (χ0) is 18.1. The molecular weight excluding hydrogens is 316 g/mol. The topological polar surface area (TPSA) is 72.1 Å². The molecule has 2 heterocycles. The molecule has 6 nitrogen and oxygen atoms in total. The zero-order valence-electron chi connectivity index (χ0n) is 15.1. The van der Waals surface area contributed by atoms with Crippen LogP contribution in [0, 0.1) is 12.8 Å². The number of phenols is 1. The molecule has 0 saturated carbocycles. The van der Waals surface area contributed by atoms with Crippen molar-refractivity contribution in [3.8, 4) is 5.75 Å². The lowest BCUT2D eigenvalue weighted by Crippen LogP contribution is -2.25. The standard InChI is InChI=1S/C19H24N4O2/c1-12(2)10-23-11-20-8-14(23)9-21-19(25)18-13(3)22(4)17-6-5-15(24)7-16(17)18/h5-8,11-12,24H,9-10H2,1-4H3,(H,21,25). The minimum Gasteiger partial charge on any atom is -0.508 e. The number of aromatic nitrogens is 3. The van der Waals surface area contributed by atoms with Crippen LogP contribution >= 0.6 is 0 Å². The summed E-state index contributed by atoms with van der Waals surface area (Å²) in [4.78, 5) is 17.0. The van der Waals surface area contributed by atoms with Crippen molar-refractivity contribution in [3.05, 3.63) is 47.7 Å². The summed E-state index contributed by atoms with van der Waals surface area (Å²) in [6.07, 6.45) is 3.58. The number of carbonyl (C=O) groups excluding carboxylic acids is 1. The SMILES string of the molecule is Cc1c(C(=O)NCc2cncn2CC(C)C)c2cc(O)ccc2n1C. The predicted octanol–water partition coefficient (Wildman–Crippen LogP) is 2.97. The smallest absolute Gasteiger partial charge is 0.254 e. The number of rotatable bonds is 5.